The summed E-state index contributed by atoms with van der Waals surface area (Å²) in [4.78, 5) is 34.2. The summed E-state index contributed by atoms with van der Waals surface area (Å²) in [7, 11) is 0. The molecule has 0 aliphatic carbocycles. The molecule has 1 aliphatic rings. The van der Waals surface area contributed by atoms with Gasteiger partial charge in [-0.2, -0.15) is 39.5 Å². The Balaban J connectivity index is 3.10. The van der Waals surface area contributed by atoms with Gasteiger partial charge in [0.1, 0.15) is 0 Å². The van der Waals surface area contributed by atoms with Gasteiger partial charge in [-0.3, -0.25) is 0 Å². The average molecular weight is 476 g/mol. The van der Waals surface area contributed by atoms with Crippen molar-refractivity contribution < 1.29 is 72.8 Å². The minimum Gasteiger partial charge on any atom is -0.451 e. The molecule has 1 saturated heterocycles. The van der Waals surface area contributed by atoms with Gasteiger partial charge in [0.05, 0.1) is 0 Å². The Bertz CT molecular complexity index is 699. The number of ether oxygens (including phenoxy) is 4. The summed E-state index contributed by atoms with van der Waals surface area (Å²) in [5.74, 6) is -7.16. The molecule has 1 aliphatic heterocycles. The zero-order valence-corrected chi connectivity index (χ0v) is 15.2. The Morgan fingerprint density at radius 3 is 2.03 bits per heavy atom. The summed E-state index contributed by atoms with van der Waals surface area (Å²) < 4.78 is 132. The zero-order valence-electron chi connectivity index (χ0n) is 15.2. The number of carbonyl (C=O) groups is 3. The first-order chi connectivity index (χ1) is 13.8. The highest BCUT2D eigenvalue weighted by Gasteiger charge is 2.71. The second-order valence-corrected chi connectivity index (χ2v) is 6.16. The summed E-state index contributed by atoms with van der Waals surface area (Å²) in [6.07, 6.45) is -26.4. The molecule has 1 heterocycles. The fourth-order valence-corrected chi connectivity index (χ4v) is 2.36. The van der Waals surface area contributed by atoms with Gasteiger partial charge in [0.15, 0.2) is 6.61 Å². The van der Waals surface area contributed by atoms with Crippen molar-refractivity contribution in [1.29, 1.82) is 0 Å². The highest BCUT2D eigenvalue weighted by Crippen LogP contribution is 2.48. The van der Waals surface area contributed by atoms with Crippen LogP contribution in [0.1, 0.15) is 13.3 Å². The predicted octanol–water partition coefficient (Wildman–Crippen LogP) is 2.98. The van der Waals surface area contributed by atoms with Gasteiger partial charge in [0.2, 0.25) is 6.29 Å². The maximum Gasteiger partial charge on any atom is 0.434 e. The molecule has 3 unspecified atom stereocenters. The third kappa shape index (κ3) is 6.24. The van der Waals surface area contributed by atoms with Crippen molar-refractivity contribution in [3.63, 3.8) is 0 Å². The van der Waals surface area contributed by atoms with E-state index in [1.165, 1.54) is 0 Å². The lowest BCUT2D eigenvalue weighted by atomic mass is 9.94. The number of alkyl halides is 9. The lowest BCUT2D eigenvalue weighted by molar-refractivity contribution is -0.331. The van der Waals surface area contributed by atoms with Crippen LogP contribution in [0.25, 0.3) is 0 Å². The number of hydrogen-bond acceptors (Lipinski definition) is 7. The number of hydrogen-bond donors (Lipinski definition) is 0. The normalized spacial score (nSPS) is 24.6. The van der Waals surface area contributed by atoms with Crippen molar-refractivity contribution >= 4 is 17.9 Å². The van der Waals surface area contributed by atoms with Gasteiger partial charge in [-0.15, -0.1) is 0 Å². The van der Waals surface area contributed by atoms with Crippen molar-refractivity contribution in [2.75, 3.05) is 6.61 Å². The van der Waals surface area contributed by atoms with Crippen molar-refractivity contribution in [2.45, 2.75) is 49.9 Å². The topological polar surface area (TPSA) is 88.1 Å². The van der Waals surface area contributed by atoms with E-state index in [0.717, 1.165) is 6.92 Å². The Hall–Kier alpha value is -2.52. The average Bonchev–Trinajstić information content (AvgIpc) is 2.92. The minimum absolute atomic E-state index is 0.629. The van der Waals surface area contributed by atoms with E-state index in [-0.39, 0.29) is 0 Å². The second kappa shape index (κ2) is 8.92. The molecule has 0 saturated carbocycles. The zero-order chi connectivity index (χ0) is 24.4. The quantitative estimate of drug-likeness (QED) is 0.252. The van der Waals surface area contributed by atoms with Gasteiger partial charge in [0, 0.05) is 18.4 Å². The monoisotopic (exact) mass is 476 g/mol. The number of halogens is 9. The maximum absolute atomic E-state index is 13.5. The van der Waals surface area contributed by atoms with Crippen LogP contribution >= 0.6 is 0 Å². The fourth-order valence-electron chi connectivity index (χ4n) is 2.36. The molecule has 1 rings (SSSR count). The van der Waals surface area contributed by atoms with Crippen LogP contribution < -0.4 is 0 Å². The highest BCUT2D eigenvalue weighted by atomic mass is 19.4. The van der Waals surface area contributed by atoms with E-state index in [1.54, 1.807) is 0 Å². The van der Waals surface area contributed by atoms with Crippen LogP contribution in [0.4, 0.5) is 39.5 Å². The van der Waals surface area contributed by atoms with E-state index in [2.05, 4.69) is 25.5 Å². The summed E-state index contributed by atoms with van der Waals surface area (Å²) in [5.41, 5.74) is -4.29. The second-order valence-electron chi connectivity index (χ2n) is 6.16. The SMILES string of the molecule is C=CC(=O)OCC(=O)OC1OC(C(=O)OC(C(F)(F)F)C(F)(F)F)(C(F)(F)F)CC1C. The first-order valence-corrected chi connectivity index (χ1v) is 7.93. The lowest BCUT2D eigenvalue weighted by Crippen LogP contribution is -2.57. The van der Waals surface area contributed by atoms with Crippen LogP contribution in [-0.2, 0) is 33.3 Å². The summed E-state index contributed by atoms with van der Waals surface area (Å²) in [5, 5.41) is 0. The van der Waals surface area contributed by atoms with E-state index < -0.39 is 73.4 Å². The molecule has 0 aromatic heterocycles. The third-order valence-corrected chi connectivity index (χ3v) is 3.75. The summed E-state index contributed by atoms with van der Waals surface area (Å²) in [6, 6.07) is 0. The van der Waals surface area contributed by atoms with Gasteiger partial charge in [-0.25, -0.2) is 14.4 Å². The van der Waals surface area contributed by atoms with Gasteiger partial charge in [-0.05, 0) is 0 Å². The molecule has 0 N–H and O–H groups in total. The molecule has 0 aromatic carbocycles. The van der Waals surface area contributed by atoms with Crippen molar-refractivity contribution in [3.8, 4) is 0 Å². The molecule has 178 valence electrons. The molecule has 7 nitrogen and oxygen atoms in total. The first kappa shape index (κ1) is 26.5. The van der Waals surface area contributed by atoms with Gasteiger partial charge >= 0.3 is 36.4 Å². The van der Waals surface area contributed by atoms with E-state index in [4.69, 9.17) is 0 Å². The van der Waals surface area contributed by atoms with Gasteiger partial charge in [-0.1, -0.05) is 13.5 Å². The molecule has 31 heavy (non-hydrogen) atoms. The Kier molecular flexibility index (Phi) is 7.63. The van der Waals surface area contributed by atoms with E-state index in [1.807, 2.05) is 0 Å². The van der Waals surface area contributed by atoms with Gasteiger partial charge in [0.25, 0.3) is 11.7 Å². The van der Waals surface area contributed by atoms with Crippen molar-refractivity contribution in [1.82, 2.24) is 0 Å². The van der Waals surface area contributed by atoms with E-state index in [0.29, 0.717) is 6.08 Å². The predicted molar refractivity (Wildman–Crippen MR) is 76.7 cm³/mol. The molecule has 16 heteroatoms. The molecule has 1 fully saturated rings. The van der Waals surface area contributed by atoms with Crippen LogP contribution in [0, 0.1) is 5.92 Å². The van der Waals surface area contributed by atoms with Crippen molar-refractivity contribution in [2.24, 2.45) is 5.92 Å². The Morgan fingerprint density at radius 1 is 1.10 bits per heavy atom. The summed E-state index contributed by atoms with van der Waals surface area (Å²) >= 11 is 0. The largest absolute Gasteiger partial charge is 0.451 e. The fraction of sp³-hybridized carbons (Fsp3) is 0.667. The van der Waals surface area contributed by atoms with Crippen molar-refractivity contribution in [3.05, 3.63) is 12.7 Å². The molecule has 3 atom stereocenters. The summed E-state index contributed by atoms with van der Waals surface area (Å²) in [6.45, 7) is 2.76. The highest BCUT2D eigenvalue weighted by molar-refractivity contribution is 5.84. The first-order valence-electron chi connectivity index (χ1n) is 7.93. The molecular formula is C15H13F9O7. The third-order valence-electron chi connectivity index (χ3n) is 3.75. The maximum atomic E-state index is 13.5. The van der Waals surface area contributed by atoms with Crippen LogP contribution in [0.3, 0.4) is 0 Å². The lowest BCUT2D eigenvalue weighted by Gasteiger charge is -2.31. The minimum atomic E-state index is -6.27. The number of rotatable bonds is 6. The standard InChI is InChI=1S/C15H13F9O7/c1-3-7(25)28-5-8(26)29-9-6(2)4-12(31-9,15(22,23)24)11(27)30-10(13(16,17)18)14(19,20)21/h3,6,9-10H,1,4-5H2,2H3. The van der Waals surface area contributed by atoms with Gasteiger partial charge < -0.3 is 18.9 Å². The number of carbonyl (C=O) groups excluding carboxylic acids is 3. The molecule has 0 aromatic rings. The van der Waals surface area contributed by atoms with E-state index in [9.17, 15) is 53.9 Å². The Morgan fingerprint density at radius 2 is 1.61 bits per heavy atom. The number of esters is 3. The van der Waals surface area contributed by atoms with E-state index >= 15 is 0 Å². The van der Waals surface area contributed by atoms with Crippen LogP contribution in [0.2, 0.25) is 0 Å². The molecule has 0 amide bonds. The molecule has 0 spiro atoms. The molecule has 0 radical (unpaired) electrons. The van der Waals surface area contributed by atoms with Crippen LogP contribution in [0.15, 0.2) is 12.7 Å². The smallest absolute Gasteiger partial charge is 0.434 e. The van der Waals surface area contributed by atoms with Crippen LogP contribution in [0.5, 0.6) is 0 Å². The molecular weight excluding hydrogens is 463 g/mol. The molecule has 0 bridgehead atoms. The van der Waals surface area contributed by atoms with Crippen LogP contribution in [-0.4, -0.2) is 61.0 Å². The Labute approximate surface area is 167 Å².